The van der Waals surface area contributed by atoms with Crippen molar-refractivity contribution in [2.75, 3.05) is 0 Å². The van der Waals surface area contributed by atoms with Crippen molar-refractivity contribution in [1.29, 1.82) is 0 Å². The molecule has 12 heavy (non-hydrogen) atoms. The van der Waals surface area contributed by atoms with E-state index >= 15 is 0 Å². The molecule has 0 aromatic rings. The van der Waals surface area contributed by atoms with E-state index in [1.807, 2.05) is 19.9 Å². The SMILES string of the molecule is CC(C)/C=C/C1=C(F)C=C=C=C1. The summed E-state index contributed by atoms with van der Waals surface area (Å²) < 4.78 is 12.9. The Kier molecular flexibility index (Phi) is 2.88. The van der Waals surface area contributed by atoms with Crippen LogP contribution in [-0.2, 0) is 0 Å². The van der Waals surface area contributed by atoms with Gasteiger partial charge in [-0.05, 0) is 12.0 Å². The van der Waals surface area contributed by atoms with Crippen LogP contribution in [0, 0.1) is 5.92 Å². The van der Waals surface area contributed by atoms with Crippen molar-refractivity contribution in [1.82, 2.24) is 0 Å². The maximum absolute atomic E-state index is 12.9. The lowest BCUT2D eigenvalue weighted by molar-refractivity contribution is 0.661. The van der Waals surface area contributed by atoms with Crippen LogP contribution >= 0.6 is 0 Å². The Balaban J connectivity index is 2.79. The van der Waals surface area contributed by atoms with Crippen LogP contribution in [0.5, 0.6) is 0 Å². The Morgan fingerprint density at radius 3 is 2.58 bits per heavy atom. The lowest BCUT2D eigenvalue weighted by Crippen LogP contribution is -1.82. The smallest absolute Gasteiger partial charge is 0.139 e. The summed E-state index contributed by atoms with van der Waals surface area (Å²) in [5.74, 6) is 0.194. The molecule has 1 aliphatic carbocycles. The van der Waals surface area contributed by atoms with Gasteiger partial charge in [0.2, 0.25) is 0 Å². The molecule has 0 heterocycles. The van der Waals surface area contributed by atoms with Crippen molar-refractivity contribution in [2.45, 2.75) is 13.8 Å². The minimum atomic E-state index is -0.245. The molecule has 0 bridgehead atoms. The molecule has 1 aliphatic rings. The van der Waals surface area contributed by atoms with E-state index in [-0.39, 0.29) is 5.83 Å². The van der Waals surface area contributed by atoms with E-state index in [4.69, 9.17) is 0 Å². The van der Waals surface area contributed by atoms with E-state index in [0.717, 1.165) is 0 Å². The Morgan fingerprint density at radius 2 is 2.00 bits per heavy atom. The molecule has 0 fully saturated rings. The minimum absolute atomic E-state index is 0.245. The summed E-state index contributed by atoms with van der Waals surface area (Å²) in [6.07, 6.45) is 6.60. The number of hydrogen-bond acceptors (Lipinski definition) is 0. The van der Waals surface area contributed by atoms with E-state index in [1.165, 1.54) is 6.08 Å². The Labute approximate surface area is 72.1 Å². The molecular weight excluding hydrogens is 151 g/mol. The van der Waals surface area contributed by atoms with Crippen LogP contribution in [0.2, 0.25) is 0 Å². The highest BCUT2D eigenvalue weighted by Crippen LogP contribution is 2.13. The quantitative estimate of drug-likeness (QED) is 0.546. The first-order valence-electron chi connectivity index (χ1n) is 3.95. The number of allylic oxidation sites excluding steroid dienone is 6. The van der Waals surface area contributed by atoms with Gasteiger partial charge in [0.25, 0.3) is 0 Å². The number of hydrogen-bond donors (Lipinski definition) is 0. The predicted molar refractivity (Wildman–Crippen MR) is 48.3 cm³/mol. The fourth-order valence-electron chi connectivity index (χ4n) is 0.801. The molecule has 0 N–H and O–H groups in total. The first-order valence-corrected chi connectivity index (χ1v) is 3.95. The van der Waals surface area contributed by atoms with Crippen molar-refractivity contribution in [3.63, 3.8) is 0 Å². The van der Waals surface area contributed by atoms with Gasteiger partial charge < -0.3 is 0 Å². The second kappa shape index (κ2) is 3.92. The highest BCUT2D eigenvalue weighted by atomic mass is 19.1. The zero-order valence-electron chi connectivity index (χ0n) is 7.26. The lowest BCUT2D eigenvalue weighted by Gasteiger charge is -1.97. The number of rotatable bonds is 2. The highest BCUT2D eigenvalue weighted by Gasteiger charge is 1.98. The van der Waals surface area contributed by atoms with Gasteiger partial charge in [0.1, 0.15) is 5.83 Å². The van der Waals surface area contributed by atoms with Gasteiger partial charge in [0, 0.05) is 11.6 Å². The minimum Gasteiger partial charge on any atom is -0.206 e. The third-order valence-electron chi connectivity index (χ3n) is 1.45. The van der Waals surface area contributed by atoms with Crippen LogP contribution in [-0.4, -0.2) is 0 Å². The summed E-state index contributed by atoms with van der Waals surface area (Å²) in [5.41, 5.74) is 5.84. The molecule has 1 heteroatoms. The van der Waals surface area contributed by atoms with Crippen LogP contribution in [0.3, 0.4) is 0 Å². The zero-order chi connectivity index (χ0) is 8.97. The van der Waals surface area contributed by atoms with Crippen LogP contribution in [0.25, 0.3) is 0 Å². The standard InChI is InChI=1S/C11H11F/c1-9(2)7-8-10-5-3-4-6-11(10)12/h5-9H,1-2H3/b8-7+. The molecule has 0 aliphatic heterocycles. The van der Waals surface area contributed by atoms with E-state index in [1.54, 1.807) is 12.2 Å². The molecule has 0 spiro atoms. The fourth-order valence-corrected chi connectivity index (χ4v) is 0.801. The fraction of sp³-hybridized carbons (Fsp3) is 0.273. The summed E-state index contributed by atoms with van der Waals surface area (Å²) in [7, 11) is 0. The van der Waals surface area contributed by atoms with Crippen LogP contribution in [0.4, 0.5) is 4.39 Å². The van der Waals surface area contributed by atoms with Gasteiger partial charge in [-0.25, -0.2) is 4.39 Å². The van der Waals surface area contributed by atoms with E-state index < -0.39 is 0 Å². The highest BCUT2D eigenvalue weighted by molar-refractivity contribution is 5.39. The van der Waals surface area contributed by atoms with Crippen molar-refractivity contribution in [3.05, 3.63) is 47.2 Å². The van der Waals surface area contributed by atoms with Gasteiger partial charge >= 0.3 is 0 Å². The molecular formula is C11H11F. The second-order valence-corrected chi connectivity index (χ2v) is 2.98. The Hall–Kier alpha value is -1.29. The maximum Gasteiger partial charge on any atom is 0.139 e. The molecule has 0 saturated heterocycles. The summed E-state index contributed by atoms with van der Waals surface area (Å²) in [6.45, 7) is 4.10. The third-order valence-corrected chi connectivity index (χ3v) is 1.45. The van der Waals surface area contributed by atoms with Crippen LogP contribution in [0.15, 0.2) is 47.2 Å². The molecule has 0 aromatic carbocycles. The van der Waals surface area contributed by atoms with Crippen LogP contribution < -0.4 is 0 Å². The lowest BCUT2D eigenvalue weighted by atomic mass is 10.1. The predicted octanol–water partition coefficient (Wildman–Crippen LogP) is 3.30. The third kappa shape index (κ3) is 2.39. The van der Waals surface area contributed by atoms with Crippen molar-refractivity contribution >= 4 is 0 Å². The molecule has 0 radical (unpaired) electrons. The Morgan fingerprint density at radius 1 is 1.33 bits per heavy atom. The van der Waals surface area contributed by atoms with Crippen molar-refractivity contribution < 1.29 is 4.39 Å². The average molecular weight is 162 g/mol. The van der Waals surface area contributed by atoms with Gasteiger partial charge in [-0.3, -0.25) is 0 Å². The molecule has 0 nitrogen and oxygen atoms in total. The molecule has 0 amide bonds. The van der Waals surface area contributed by atoms with Gasteiger partial charge in [-0.15, -0.1) is 0 Å². The van der Waals surface area contributed by atoms with Crippen molar-refractivity contribution in [3.8, 4) is 0 Å². The van der Waals surface area contributed by atoms with E-state index in [9.17, 15) is 4.39 Å². The molecule has 0 saturated carbocycles. The zero-order valence-corrected chi connectivity index (χ0v) is 7.26. The van der Waals surface area contributed by atoms with Crippen molar-refractivity contribution in [2.24, 2.45) is 5.92 Å². The van der Waals surface area contributed by atoms with Gasteiger partial charge in [0.15, 0.2) is 0 Å². The molecule has 0 atom stereocenters. The van der Waals surface area contributed by atoms with Crippen LogP contribution in [0.1, 0.15) is 13.8 Å². The summed E-state index contributed by atoms with van der Waals surface area (Å²) in [6, 6.07) is 0. The molecule has 62 valence electrons. The average Bonchev–Trinajstić information content (AvgIpc) is 2.03. The summed E-state index contributed by atoms with van der Waals surface area (Å²) in [5, 5.41) is 0. The Bertz CT molecular complexity index is 317. The van der Waals surface area contributed by atoms with Gasteiger partial charge in [-0.2, -0.15) is 0 Å². The van der Waals surface area contributed by atoms with Gasteiger partial charge in [0.05, 0.1) is 0 Å². The molecule has 0 aromatic heterocycles. The second-order valence-electron chi connectivity index (χ2n) is 2.98. The molecule has 0 unspecified atom stereocenters. The largest absolute Gasteiger partial charge is 0.206 e. The maximum atomic E-state index is 12.9. The topological polar surface area (TPSA) is 0 Å². The van der Waals surface area contributed by atoms with E-state index in [0.29, 0.717) is 11.5 Å². The van der Waals surface area contributed by atoms with E-state index in [2.05, 4.69) is 11.5 Å². The number of halogens is 1. The van der Waals surface area contributed by atoms with Gasteiger partial charge in [-0.1, -0.05) is 37.5 Å². The molecule has 1 rings (SSSR count). The summed E-state index contributed by atoms with van der Waals surface area (Å²) in [4.78, 5) is 0. The summed E-state index contributed by atoms with van der Waals surface area (Å²) >= 11 is 0. The first-order chi connectivity index (χ1) is 5.70. The monoisotopic (exact) mass is 162 g/mol. The normalized spacial score (nSPS) is 15.7. The first kappa shape index (κ1) is 8.80.